The zero-order valence-corrected chi connectivity index (χ0v) is 12.5. The highest BCUT2D eigenvalue weighted by molar-refractivity contribution is 5.98. The zero-order chi connectivity index (χ0) is 16.2. The number of methoxy groups -OCH3 is 1. The molecule has 2 N–H and O–H groups in total. The number of carbonyl (C=O) groups is 3. The van der Waals surface area contributed by atoms with Gasteiger partial charge in [-0.1, -0.05) is 19.9 Å². The number of rotatable bonds is 5. The van der Waals surface area contributed by atoms with Gasteiger partial charge in [-0.05, 0) is 24.6 Å². The minimum absolute atomic E-state index is 0.356. The van der Waals surface area contributed by atoms with Crippen molar-refractivity contribution in [1.82, 2.24) is 0 Å². The molecule has 1 amide bonds. The third kappa shape index (κ3) is 3.81. The Labute approximate surface area is 123 Å². The average molecular weight is 293 g/mol. The van der Waals surface area contributed by atoms with Gasteiger partial charge < -0.3 is 15.2 Å². The lowest BCUT2D eigenvalue weighted by Crippen LogP contribution is -2.30. The van der Waals surface area contributed by atoms with E-state index in [1.165, 1.54) is 14.0 Å². The molecule has 0 aliphatic heterocycles. The van der Waals surface area contributed by atoms with Crippen molar-refractivity contribution in [2.75, 3.05) is 12.4 Å². The number of carboxylic acid groups (broad SMARTS) is 1. The average Bonchev–Trinajstić information content (AvgIpc) is 2.46. The summed E-state index contributed by atoms with van der Waals surface area (Å²) in [5.74, 6) is -3.42. The van der Waals surface area contributed by atoms with Gasteiger partial charge in [0.25, 0.3) is 0 Å². The molecule has 0 bridgehead atoms. The standard InChI is InChI=1S/C15H19NO5/c1-8(9(2)14(18)19)13(17)16-12-7-5-6-11(10(12)3)15(20)21-4/h5-9H,1-4H3,(H,16,17)(H,18,19). The predicted molar refractivity (Wildman–Crippen MR) is 77.1 cm³/mol. The Balaban J connectivity index is 2.96. The van der Waals surface area contributed by atoms with E-state index in [1.54, 1.807) is 32.0 Å². The van der Waals surface area contributed by atoms with E-state index in [0.29, 0.717) is 16.8 Å². The number of hydrogen-bond acceptors (Lipinski definition) is 4. The number of benzene rings is 1. The molecule has 114 valence electrons. The topological polar surface area (TPSA) is 92.7 Å². The summed E-state index contributed by atoms with van der Waals surface area (Å²) < 4.78 is 4.66. The third-order valence-corrected chi connectivity index (χ3v) is 3.55. The molecule has 0 saturated heterocycles. The molecule has 2 unspecified atom stereocenters. The van der Waals surface area contributed by atoms with Crippen molar-refractivity contribution in [3.63, 3.8) is 0 Å². The Morgan fingerprint density at radius 2 is 1.81 bits per heavy atom. The molecule has 0 saturated carbocycles. The van der Waals surface area contributed by atoms with Gasteiger partial charge in [-0.3, -0.25) is 9.59 Å². The number of nitrogens with one attached hydrogen (secondary N) is 1. The number of amides is 1. The summed E-state index contributed by atoms with van der Waals surface area (Å²) in [7, 11) is 1.28. The molecule has 1 aromatic carbocycles. The lowest BCUT2D eigenvalue weighted by atomic mass is 9.95. The molecular formula is C15H19NO5. The summed E-state index contributed by atoms with van der Waals surface area (Å²) in [4.78, 5) is 34.6. The van der Waals surface area contributed by atoms with E-state index in [9.17, 15) is 14.4 Å². The van der Waals surface area contributed by atoms with Gasteiger partial charge in [0.15, 0.2) is 0 Å². The van der Waals surface area contributed by atoms with Crippen LogP contribution in [0.15, 0.2) is 18.2 Å². The van der Waals surface area contributed by atoms with E-state index in [-0.39, 0.29) is 0 Å². The van der Waals surface area contributed by atoms with E-state index >= 15 is 0 Å². The maximum absolute atomic E-state index is 12.1. The maximum atomic E-state index is 12.1. The Morgan fingerprint density at radius 1 is 1.19 bits per heavy atom. The Hall–Kier alpha value is -2.37. The van der Waals surface area contributed by atoms with Crippen LogP contribution in [0.25, 0.3) is 0 Å². The van der Waals surface area contributed by atoms with E-state index < -0.39 is 29.7 Å². The number of anilines is 1. The summed E-state index contributed by atoms with van der Waals surface area (Å²) in [5.41, 5.74) is 1.40. The van der Waals surface area contributed by atoms with Gasteiger partial charge in [0.05, 0.1) is 18.6 Å². The Morgan fingerprint density at radius 3 is 2.33 bits per heavy atom. The fourth-order valence-corrected chi connectivity index (χ4v) is 1.79. The highest BCUT2D eigenvalue weighted by atomic mass is 16.5. The van der Waals surface area contributed by atoms with Crippen molar-refractivity contribution < 1.29 is 24.2 Å². The van der Waals surface area contributed by atoms with E-state index in [2.05, 4.69) is 10.1 Å². The zero-order valence-electron chi connectivity index (χ0n) is 12.5. The molecule has 0 heterocycles. The molecule has 1 aromatic rings. The number of hydrogen-bond donors (Lipinski definition) is 2. The van der Waals surface area contributed by atoms with Crippen LogP contribution in [0.3, 0.4) is 0 Å². The van der Waals surface area contributed by atoms with Crippen molar-refractivity contribution in [3.8, 4) is 0 Å². The van der Waals surface area contributed by atoms with E-state index in [4.69, 9.17) is 5.11 Å². The minimum Gasteiger partial charge on any atom is -0.481 e. The molecule has 0 radical (unpaired) electrons. The van der Waals surface area contributed by atoms with Crippen LogP contribution in [0.1, 0.15) is 29.8 Å². The minimum atomic E-state index is -1.03. The van der Waals surface area contributed by atoms with E-state index in [1.807, 2.05) is 0 Å². The molecule has 6 heteroatoms. The highest BCUT2D eigenvalue weighted by Crippen LogP contribution is 2.21. The Kier molecular flexibility index (Phi) is 5.46. The first-order valence-corrected chi connectivity index (χ1v) is 6.51. The number of aliphatic carboxylic acids is 1. The number of esters is 1. The SMILES string of the molecule is COC(=O)c1cccc(NC(=O)C(C)C(C)C(=O)O)c1C. The van der Waals surface area contributed by atoms with Gasteiger partial charge in [0.1, 0.15) is 0 Å². The molecule has 0 spiro atoms. The van der Waals surface area contributed by atoms with Gasteiger partial charge in [-0.2, -0.15) is 0 Å². The molecule has 1 rings (SSSR count). The van der Waals surface area contributed by atoms with Gasteiger partial charge in [-0.15, -0.1) is 0 Å². The van der Waals surface area contributed by atoms with Gasteiger partial charge in [0, 0.05) is 11.6 Å². The second-order valence-corrected chi connectivity index (χ2v) is 4.87. The van der Waals surface area contributed by atoms with Crippen LogP contribution in [-0.4, -0.2) is 30.1 Å². The number of ether oxygens (including phenoxy) is 1. The highest BCUT2D eigenvalue weighted by Gasteiger charge is 2.26. The summed E-state index contributed by atoms with van der Waals surface area (Å²) in [6.45, 7) is 4.71. The van der Waals surface area contributed by atoms with Crippen LogP contribution in [0.4, 0.5) is 5.69 Å². The van der Waals surface area contributed by atoms with Crippen LogP contribution in [0, 0.1) is 18.8 Å². The molecule has 0 aliphatic rings. The molecule has 6 nitrogen and oxygen atoms in total. The summed E-state index contributed by atoms with van der Waals surface area (Å²) in [6, 6.07) is 4.87. The monoisotopic (exact) mass is 293 g/mol. The first kappa shape index (κ1) is 16.7. The van der Waals surface area contributed by atoms with Crippen LogP contribution in [-0.2, 0) is 14.3 Å². The lowest BCUT2D eigenvalue weighted by Gasteiger charge is -2.17. The van der Waals surface area contributed by atoms with Gasteiger partial charge in [0.2, 0.25) is 5.91 Å². The molecule has 21 heavy (non-hydrogen) atoms. The normalized spacial score (nSPS) is 13.1. The smallest absolute Gasteiger partial charge is 0.338 e. The van der Waals surface area contributed by atoms with Gasteiger partial charge in [-0.25, -0.2) is 4.79 Å². The summed E-state index contributed by atoms with van der Waals surface area (Å²) >= 11 is 0. The molecule has 0 aliphatic carbocycles. The van der Waals surface area contributed by atoms with Crippen molar-refractivity contribution in [2.24, 2.45) is 11.8 Å². The Bertz CT molecular complexity index is 567. The number of carboxylic acids is 1. The largest absolute Gasteiger partial charge is 0.481 e. The first-order valence-electron chi connectivity index (χ1n) is 6.51. The lowest BCUT2D eigenvalue weighted by molar-refractivity contribution is -0.145. The maximum Gasteiger partial charge on any atom is 0.338 e. The van der Waals surface area contributed by atoms with Crippen molar-refractivity contribution in [2.45, 2.75) is 20.8 Å². The first-order chi connectivity index (χ1) is 9.79. The fraction of sp³-hybridized carbons (Fsp3) is 0.400. The molecule has 2 atom stereocenters. The quantitative estimate of drug-likeness (QED) is 0.811. The van der Waals surface area contributed by atoms with Crippen LogP contribution in [0.2, 0.25) is 0 Å². The van der Waals surface area contributed by atoms with Crippen LogP contribution >= 0.6 is 0 Å². The second-order valence-electron chi connectivity index (χ2n) is 4.87. The molecular weight excluding hydrogens is 274 g/mol. The molecule has 0 fully saturated rings. The summed E-state index contributed by atoms with van der Waals surface area (Å²) in [6.07, 6.45) is 0. The van der Waals surface area contributed by atoms with Crippen molar-refractivity contribution in [1.29, 1.82) is 0 Å². The van der Waals surface area contributed by atoms with Crippen LogP contribution in [0.5, 0.6) is 0 Å². The predicted octanol–water partition coefficient (Wildman–Crippen LogP) is 2.08. The van der Waals surface area contributed by atoms with Gasteiger partial charge >= 0.3 is 11.9 Å². The summed E-state index contributed by atoms with van der Waals surface area (Å²) in [5, 5.41) is 11.6. The van der Waals surface area contributed by atoms with Crippen LogP contribution < -0.4 is 5.32 Å². The fourth-order valence-electron chi connectivity index (χ4n) is 1.79. The second kappa shape index (κ2) is 6.88. The van der Waals surface area contributed by atoms with Crippen molar-refractivity contribution >= 4 is 23.5 Å². The molecule has 0 aromatic heterocycles. The van der Waals surface area contributed by atoms with E-state index in [0.717, 1.165) is 0 Å². The third-order valence-electron chi connectivity index (χ3n) is 3.55. The van der Waals surface area contributed by atoms with Crippen molar-refractivity contribution in [3.05, 3.63) is 29.3 Å². The number of carbonyl (C=O) groups excluding carboxylic acids is 2.